The number of morpholine rings is 1. The third kappa shape index (κ3) is 7.63. The van der Waals surface area contributed by atoms with E-state index in [-0.39, 0.29) is 36.5 Å². The van der Waals surface area contributed by atoms with Gasteiger partial charge in [0.2, 0.25) is 10.0 Å². The molecule has 3 aromatic rings. The number of fused-ring (bicyclic) bond motifs is 1. The summed E-state index contributed by atoms with van der Waals surface area (Å²) in [5, 5.41) is 2.38. The zero-order valence-electron chi connectivity index (χ0n) is 22.4. The summed E-state index contributed by atoms with van der Waals surface area (Å²) in [6.07, 6.45) is -2.61. The number of anilines is 1. The number of nitrogens with one attached hydrogen (secondary N) is 1. The van der Waals surface area contributed by atoms with Crippen LogP contribution in [0.1, 0.15) is 37.6 Å². The van der Waals surface area contributed by atoms with E-state index < -0.39 is 40.2 Å². The first kappa shape index (κ1) is 30.5. The number of benzene rings is 2. The zero-order valence-corrected chi connectivity index (χ0v) is 23.3. The largest absolute Gasteiger partial charge is 0.456 e. The fourth-order valence-corrected chi connectivity index (χ4v) is 5.81. The molecule has 1 aliphatic rings. The van der Waals surface area contributed by atoms with Gasteiger partial charge in [-0.3, -0.25) is 9.59 Å². The maximum Gasteiger partial charge on any atom is 0.416 e. The number of ether oxygens (including phenoxy) is 2. The highest BCUT2D eigenvalue weighted by Gasteiger charge is 2.30. The molecule has 0 aliphatic carbocycles. The molecule has 0 bridgehead atoms. The third-order valence-electron chi connectivity index (χ3n) is 6.55. The molecule has 10 nitrogen and oxygen atoms in total. The van der Waals surface area contributed by atoms with Crippen LogP contribution in [-0.2, 0) is 48.2 Å². The molecule has 222 valence electrons. The number of rotatable bonds is 11. The molecule has 4 rings (SSSR count). The van der Waals surface area contributed by atoms with Gasteiger partial charge in [0.05, 0.1) is 41.1 Å². The van der Waals surface area contributed by atoms with E-state index in [1.165, 1.54) is 10.4 Å². The van der Waals surface area contributed by atoms with Crippen LogP contribution >= 0.6 is 0 Å². The van der Waals surface area contributed by atoms with Gasteiger partial charge in [0.1, 0.15) is 5.82 Å². The minimum absolute atomic E-state index is 0.0814. The first-order valence-corrected chi connectivity index (χ1v) is 14.6. The Morgan fingerprint density at radius 1 is 1.10 bits per heavy atom. The number of amides is 1. The summed E-state index contributed by atoms with van der Waals surface area (Å²) in [5.74, 6) is -0.764. The van der Waals surface area contributed by atoms with Gasteiger partial charge in [-0.05, 0) is 48.9 Å². The van der Waals surface area contributed by atoms with Crippen molar-refractivity contribution in [3.05, 3.63) is 53.9 Å². The van der Waals surface area contributed by atoms with Gasteiger partial charge in [0, 0.05) is 31.7 Å². The molecule has 0 spiro atoms. The number of carbonyl (C=O) groups excluding carboxylic acids is 2. The molecule has 0 saturated carbocycles. The number of sulfonamides is 1. The fraction of sp³-hybridized carbons (Fsp3) is 0.444. The van der Waals surface area contributed by atoms with Crippen LogP contribution < -0.4 is 5.32 Å². The van der Waals surface area contributed by atoms with Crippen LogP contribution in [-0.4, -0.2) is 67.1 Å². The molecule has 0 unspecified atom stereocenters. The molecule has 1 N–H and O–H groups in total. The third-order valence-corrected chi connectivity index (χ3v) is 8.45. The maximum atomic E-state index is 13.1. The number of hydrogen-bond acceptors (Lipinski definition) is 7. The van der Waals surface area contributed by atoms with Crippen molar-refractivity contribution in [1.29, 1.82) is 0 Å². The second-order valence-corrected chi connectivity index (χ2v) is 11.4. The van der Waals surface area contributed by atoms with E-state index >= 15 is 0 Å². The van der Waals surface area contributed by atoms with E-state index in [4.69, 9.17) is 9.47 Å². The number of aryl methyl sites for hydroxylation is 2. The molecule has 14 heteroatoms. The highest BCUT2D eigenvalue weighted by molar-refractivity contribution is 7.89. The molecule has 41 heavy (non-hydrogen) atoms. The van der Waals surface area contributed by atoms with Gasteiger partial charge in [0.25, 0.3) is 5.91 Å². The van der Waals surface area contributed by atoms with Crippen LogP contribution in [0.2, 0.25) is 0 Å². The second-order valence-electron chi connectivity index (χ2n) is 9.48. The molecule has 1 aromatic heterocycles. The Morgan fingerprint density at radius 3 is 2.46 bits per heavy atom. The van der Waals surface area contributed by atoms with Crippen molar-refractivity contribution in [2.75, 3.05) is 38.2 Å². The van der Waals surface area contributed by atoms with Crippen molar-refractivity contribution in [2.45, 2.75) is 50.2 Å². The first-order chi connectivity index (χ1) is 19.5. The van der Waals surface area contributed by atoms with Crippen LogP contribution in [0.25, 0.3) is 11.0 Å². The lowest BCUT2D eigenvalue weighted by Crippen LogP contribution is -2.40. The van der Waals surface area contributed by atoms with Gasteiger partial charge in [-0.25, -0.2) is 13.4 Å². The Balaban J connectivity index is 1.38. The Hall–Kier alpha value is -3.49. The lowest BCUT2D eigenvalue weighted by Gasteiger charge is -2.26. The molecular weight excluding hydrogens is 565 g/mol. The highest BCUT2D eigenvalue weighted by atomic mass is 32.2. The minimum Gasteiger partial charge on any atom is -0.456 e. The SMILES string of the molecule is CCCCn1c(CCC(=O)OCC(=O)Nc2ccc(C(F)(F)F)cc2)nc2cc(S(=O)(=O)N3CCOCC3)ccc21. The van der Waals surface area contributed by atoms with E-state index in [1.54, 1.807) is 12.1 Å². The van der Waals surface area contributed by atoms with Crippen LogP contribution in [0, 0.1) is 0 Å². The molecule has 1 amide bonds. The van der Waals surface area contributed by atoms with Crippen molar-refractivity contribution in [3.63, 3.8) is 0 Å². The average molecular weight is 597 g/mol. The highest BCUT2D eigenvalue weighted by Crippen LogP contribution is 2.30. The van der Waals surface area contributed by atoms with Crippen LogP contribution in [0.5, 0.6) is 0 Å². The molecule has 1 aliphatic heterocycles. The Kier molecular flexibility index (Phi) is 9.66. The van der Waals surface area contributed by atoms with Crippen molar-refractivity contribution >= 4 is 38.6 Å². The molecule has 1 fully saturated rings. The summed E-state index contributed by atoms with van der Waals surface area (Å²) in [6.45, 7) is 3.30. The van der Waals surface area contributed by atoms with Crippen LogP contribution in [0.3, 0.4) is 0 Å². The Bertz CT molecular complexity index is 1480. The quantitative estimate of drug-likeness (QED) is 0.333. The first-order valence-electron chi connectivity index (χ1n) is 13.2. The van der Waals surface area contributed by atoms with Crippen molar-refractivity contribution in [2.24, 2.45) is 0 Å². The molecule has 0 atom stereocenters. The molecular formula is C27H31F3N4O6S. The number of imidazole rings is 1. The molecule has 2 heterocycles. The topological polar surface area (TPSA) is 120 Å². The van der Waals surface area contributed by atoms with E-state index in [0.717, 1.165) is 42.6 Å². The number of carbonyl (C=O) groups is 2. The lowest BCUT2D eigenvalue weighted by molar-refractivity contribution is -0.147. The number of alkyl halides is 3. The van der Waals surface area contributed by atoms with Crippen molar-refractivity contribution in [1.82, 2.24) is 13.9 Å². The number of esters is 1. The average Bonchev–Trinajstić information content (AvgIpc) is 3.30. The van der Waals surface area contributed by atoms with E-state index in [9.17, 15) is 31.2 Å². The van der Waals surface area contributed by atoms with Crippen molar-refractivity contribution in [3.8, 4) is 0 Å². The van der Waals surface area contributed by atoms with Gasteiger partial charge in [0.15, 0.2) is 6.61 Å². The van der Waals surface area contributed by atoms with Gasteiger partial charge < -0.3 is 19.4 Å². The number of halogens is 3. The monoisotopic (exact) mass is 596 g/mol. The van der Waals surface area contributed by atoms with Crippen LogP contribution in [0.4, 0.5) is 18.9 Å². The van der Waals surface area contributed by atoms with E-state index in [2.05, 4.69) is 10.3 Å². The standard InChI is InChI=1S/C27H31F3N4O6S/c1-2-3-12-34-23-9-8-21(41(37,38)33-13-15-39-16-14-33)17-22(23)32-24(34)10-11-26(36)40-18-25(35)31-20-6-4-19(5-7-20)27(28,29)30/h4-9,17H,2-3,10-16,18H2,1H3,(H,31,35). The summed E-state index contributed by atoms with van der Waals surface area (Å²) < 4.78 is 77.9. The van der Waals surface area contributed by atoms with Gasteiger partial charge in [-0.2, -0.15) is 17.5 Å². The summed E-state index contributed by atoms with van der Waals surface area (Å²) in [7, 11) is -3.70. The van der Waals surface area contributed by atoms with E-state index in [0.29, 0.717) is 31.1 Å². The smallest absolute Gasteiger partial charge is 0.416 e. The summed E-state index contributed by atoms with van der Waals surface area (Å²) >= 11 is 0. The summed E-state index contributed by atoms with van der Waals surface area (Å²) in [6, 6.07) is 8.72. The Labute approximate surface area is 235 Å². The Morgan fingerprint density at radius 2 is 1.80 bits per heavy atom. The zero-order chi connectivity index (χ0) is 29.6. The lowest BCUT2D eigenvalue weighted by atomic mass is 10.2. The molecule has 0 radical (unpaired) electrons. The van der Waals surface area contributed by atoms with Gasteiger partial charge in [-0.15, -0.1) is 0 Å². The van der Waals surface area contributed by atoms with Gasteiger partial charge in [-0.1, -0.05) is 13.3 Å². The number of nitrogens with zero attached hydrogens (tertiary/aromatic N) is 3. The fourth-order valence-electron chi connectivity index (χ4n) is 4.38. The summed E-state index contributed by atoms with van der Waals surface area (Å²) in [5.41, 5.74) is 0.536. The molecule has 2 aromatic carbocycles. The second kappa shape index (κ2) is 13.0. The van der Waals surface area contributed by atoms with Crippen molar-refractivity contribution < 1.29 is 40.7 Å². The number of hydrogen-bond donors (Lipinski definition) is 1. The van der Waals surface area contributed by atoms with E-state index in [1.807, 2.05) is 11.5 Å². The predicted octanol–water partition coefficient (Wildman–Crippen LogP) is 3.99. The number of aromatic nitrogens is 2. The molecule has 1 saturated heterocycles. The van der Waals surface area contributed by atoms with Crippen LogP contribution in [0.15, 0.2) is 47.4 Å². The normalized spacial score (nSPS) is 14.7. The maximum absolute atomic E-state index is 13.1. The minimum atomic E-state index is -4.49. The predicted molar refractivity (Wildman–Crippen MR) is 144 cm³/mol. The summed E-state index contributed by atoms with van der Waals surface area (Å²) in [4.78, 5) is 29.2. The van der Waals surface area contributed by atoms with Gasteiger partial charge >= 0.3 is 12.1 Å². The number of unbranched alkanes of at least 4 members (excludes halogenated alkanes) is 1.